The molecule has 2 aromatic rings. The summed E-state index contributed by atoms with van der Waals surface area (Å²) in [6.07, 6.45) is 0. The summed E-state index contributed by atoms with van der Waals surface area (Å²) in [5, 5.41) is 12.7. The van der Waals surface area contributed by atoms with Gasteiger partial charge < -0.3 is 10.4 Å². The average Bonchev–Trinajstić information content (AvgIpc) is 2.31. The Labute approximate surface area is 108 Å². The molecule has 0 fully saturated rings. The molecular formula is C13H10ClF2NO. The van der Waals surface area contributed by atoms with E-state index in [0.717, 1.165) is 12.1 Å². The van der Waals surface area contributed by atoms with Crippen molar-refractivity contribution >= 4 is 17.3 Å². The topological polar surface area (TPSA) is 32.3 Å². The molecular weight excluding hydrogens is 260 g/mol. The second-order valence-corrected chi connectivity index (χ2v) is 4.12. The number of anilines is 1. The third kappa shape index (κ3) is 2.71. The Morgan fingerprint density at radius 1 is 1.17 bits per heavy atom. The van der Waals surface area contributed by atoms with Gasteiger partial charge in [0.1, 0.15) is 17.4 Å². The minimum Gasteiger partial charge on any atom is -0.508 e. The van der Waals surface area contributed by atoms with Crippen molar-refractivity contribution in [1.29, 1.82) is 0 Å². The molecule has 0 amide bonds. The van der Waals surface area contributed by atoms with Gasteiger partial charge in [-0.1, -0.05) is 17.7 Å². The van der Waals surface area contributed by atoms with Crippen LogP contribution in [0.3, 0.4) is 0 Å². The highest BCUT2D eigenvalue weighted by Crippen LogP contribution is 2.26. The highest BCUT2D eigenvalue weighted by molar-refractivity contribution is 6.31. The molecule has 94 valence electrons. The maximum atomic E-state index is 13.4. The van der Waals surface area contributed by atoms with Crippen LogP contribution in [-0.4, -0.2) is 5.11 Å². The van der Waals surface area contributed by atoms with Crippen molar-refractivity contribution in [3.63, 3.8) is 0 Å². The molecule has 0 aliphatic carbocycles. The van der Waals surface area contributed by atoms with E-state index in [9.17, 15) is 13.9 Å². The van der Waals surface area contributed by atoms with E-state index in [2.05, 4.69) is 5.32 Å². The zero-order valence-electron chi connectivity index (χ0n) is 9.25. The van der Waals surface area contributed by atoms with E-state index in [0.29, 0.717) is 10.6 Å². The second-order valence-electron chi connectivity index (χ2n) is 3.72. The lowest BCUT2D eigenvalue weighted by atomic mass is 10.2. The van der Waals surface area contributed by atoms with Crippen LogP contribution in [0.5, 0.6) is 5.75 Å². The molecule has 0 bridgehead atoms. The van der Waals surface area contributed by atoms with Gasteiger partial charge in [-0.25, -0.2) is 8.78 Å². The van der Waals surface area contributed by atoms with Crippen molar-refractivity contribution in [1.82, 2.24) is 0 Å². The molecule has 2 N–H and O–H groups in total. The van der Waals surface area contributed by atoms with Gasteiger partial charge in [0.15, 0.2) is 0 Å². The number of hydrogen-bond donors (Lipinski definition) is 2. The van der Waals surface area contributed by atoms with Crippen molar-refractivity contribution in [3.8, 4) is 5.75 Å². The van der Waals surface area contributed by atoms with E-state index >= 15 is 0 Å². The highest BCUT2D eigenvalue weighted by atomic mass is 35.5. The van der Waals surface area contributed by atoms with Gasteiger partial charge in [0.2, 0.25) is 0 Å². The fourth-order valence-electron chi connectivity index (χ4n) is 1.54. The molecule has 0 radical (unpaired) electrons. The van der Waals surface area contributed by atoms with Crippen LogP contribution in [0.4, 0.5) is 14.5 Å². The van der Waals surface area contributed by atoms with Crippen LogP contribution in [0.25, 0.3) is 0 Å². The van der Waals surface area contributed by atoms with Crippen molar-refractivity contribution in [2.45, 2.75) is 6.54 Å². The monoisotopic (exact) mass is 269 g/mol. The van der Waals surface area contributed by atoms with E-state index < -0.39 is 11.6 Å². The van der Waals surface area contributed by atoms with Gasteiger partial charge in [-0.2, -0.15) is 0 Å². The molecule has 2 aromatic carbocycles. The van der Waals surface area contributed by atoms with Gasteiger partial charge in [-0.05, 0) is 24.3 Å². The Bertz CT molecular complexity index is 555. The maximum absolute atomic E-state index is 13.4. The fourth-order valence-corrected chi connectivity index (χ4v) is 1.78. The summed E-state index contributed by atoms with van der Waals surface area (Å²) >= 11 is 5.91. The van der Waals surface area contributed by atoms with Crippen LogP contribution < -0.4 is 5.32 Å². The number of benzene rings is 2. The second kappa shape index (κ2) is 5.23. The first-order chi connectivity index (χ1) is 8.58. The Kier molecular flexibility index (Phi) is 3.67. The summed E-state index contributed by atoms with van der Waals surface area (Å²) in [5.41, 5.74) is 0.610. The van der Waals surface area contributed by atoms with Crippen molar-refractivity contribution in [3.05, 3.63) is 58.6 Å². The van der Waals surface area contributed by atoms with Crippen LogP contribution in [0.2, 0.25) is 5.02 Å². The average molecular weight is 270 g/mol. The zero-order valence-corrected chi connectivity index (χ0v) is 10.0. The summed E-state index contributed by atoms with van der Waals surface area (Å²) in [5.74, 6) is -1.31. The van der Waals surface area contributed by atoms with Gasteiger partial charge in [-0.15, -0.1) is 0 Å². The minimum absolute atomic E-state index is 0.0255. The van der Waals surface area contributed by atoms with Crippen LogP contribution in [0, 0.1) is 11.6 Å². The van der Waals surface area contributed by atoms with E-state index in [1.54, 1.807) is 12.1 Å². The molecule has 5 heteroatoms. The third-order valence-corrected chi connectivity index (χ3v) is 2.83. The number of hydrogen-bond acceptors (Lipinski definition) is 2. The Balaban J connectivity index is 2.16. The molecule has 0 unspecified atom stereocenters. The van der Waals surface area contributed by atoms with E-state index in [-0.39, 0.29) is 18.0 Å². The van der Waals surface area contributed by atoms with Crippen LogP contribution in [0.1, 0.15) is 5.56 Å². The molecule has 2 nitrogen and oxygen atoms in total. The van der Waals surface area contributed by atoms with E-state index in [4.69, 9.17) is 11.6 Å². The summed E-state index contributed by atoms with van der Waals surface area (Å²) in [6.45, 7) is 0.147. The Hall–Kier alpha value is -1.81. The van der Waals surface area contributed by atoms with Gasteiger partial charge in [0, 0.05) is 23.2 Å². The Morgan fingerprint density at radius 2 is 1.94 bits per heavy atom. The van der Waals surface area contributed by atoms with Gasteiger partial charge in [0.05, 0.1) is 5.69 Å². The summed E-state index contributed by atoms with van der Waals surface area (Å²) in [4.78, 5) is 0. The first-order valence-corrected chi connectivity index (χ1v) is 5.61. The largest absolute Gasteiger partial charge is 0.508 e. The van der Waals surface area contributed by atoms with Crippen LogP contribution >= 0.6 is 11.6 Å². The molecule has 0 aliphatic rings. The molecule has 0 saturated carbocycles. The highest BCUT2D eigenvalue weighted by Gasteiger charge is 2.08. The smallest absolute Gasteiger partial charge is 0.149 e. The summed E-state index contributed by atoms with van der Waals surface area (Å²) in [6, 6.07) is 7.95. The van der Waals surface area contributed by atoms with E-state index in [1.807, 2.05) is 0 Å². The number of halogens is 3. The lowest BCUT2D eigenvalue weighted by Crippen LogP contribution is -2.02. The standard InChI is InChI=1S/C13H10ClF2NO/c14-10-2-1-3-13(18)9(10)7-17-12-5-4-8(15)6-11(12)16/h1-6,17-18H,7H2. The molecule has 18 heavy (non-hydrogen) atoms. The molecule has 0 atom stereocenters. The Morgan fingerprint density at radius 3 is 2.61 bits per heavy atom. The predicted octanol–water partition coefficient (Wildman–Crippen LogP) is 3.94. The van der Waals surface area contributed by atoms with Crippen molar-refractivity contribution < 1.29 is 13.9 Å². The van der Waals surface area contributed by atoms with Gasteiger partial charge in [-0.3, -0.25) is 0 Å². The fraction of sp³-hybridized carbons (Fsp3) is 0.0769. The quantitative estimate of drug-likeness (QED) is 0.885. The first kappa shape index (κ1) is 12.6. The lowest BCUT2D eigenvalue weighted by molar-refractivity contribution is 0.469. The number of aromatic hydroxyl groups is 1. The summed E-state index contributed by atoms with van der Waals surface area (Å²) in [7, 11) is 0. The van der Waals surface area contributed by atoms with Crippen molar-refractivity contribution in [2.24, 2.45) is 0 Å². The summed E-state index contributed by atoms with van der Waals surface area (Å²) < 4.78 is 26.1. The number of phenolic OH excluding ortho intramolecular Hbond substituents is 1. The number of phenols is 1. The maximum Gasteiger partial charge on any atom is 0.149 e. The number of rotatable bonds is 3. The lowest BCUT2D eigenvalue weighted by Gasteiger charge is -2.10. The van der Waals surface area contributed by atoms with E-state index in [1.165, 1.54) is 12.1 Å². The molecule has 0 spiro atoms. The SMILES string of the molecule is Oc1cccc(Cl)c1CNc1ccc(F)cc1F. The molecule has 0 aromatic heterocycles. The molecule has 0 aliphatic heterocycles. The van der Waals surface area contributed by atoms with Gasteiger partial charge in [0.25, 0.3) is 0 Å². The first-order valence-electron chi connectivity index (χ1n) is 5.23. The third-order valence-electron chi connectivity index (χ3n) is 2.48. The minimum atomic E-state index is -0.693. The number of nitrogens with one attached hydrogen (secondary N) is 1. The molecule has 2 rings (SSSR count). The van der Waals surface area contributed by atoms with Crippen LogP contribution in [0.15, 0.2) is 36.4 Å². The molecule has 0 saturated heterocycles. The van der Waals surface area contributed by atoms with Crippen molar-refractivity contribution in [2.75, 3.05) is 5.32 Å². The van der Waals surface area contributed by atoms with Crippen LogP contribution in [-0.2, 0) is 6.54 Å². The molecule has 0 heterocycles. The normalized spacial score (nSPS) is 10.4. The predicted molar refractivity (Wildman–Crippen MR) is 66.8 cm³/mol. The zero-order chi connectivity index (χ0) is 13.1. The van der Waals surface area contributed by atoms with Gasteiger partial charge >= 0.3 is 0 Å².